The van der Waals surface area contributed by atoms with Crippen molar-refractivity contribution < 1.29 is 13.9 Å². The molecule has 0 atom stereocenters. The number of pyridine rings is 1. The van der Waals surface area contributed by atoms with E-state index >= 15 is 0 Å². The normalized spacial score (nSPS) is 10.7. The number of amides is 1. The van der Waals surface area contributed by atoms with Crippen LogP contribution in [0.15, 0.2) is 18.2 Å². The van der Waals surface area contributed by atoms with Gasteiger partial charge >= 0.3 is 0 Å². The number of nitrogens with zero attached hydrogens (tertiary/aromatic N) is 1. The van der Waals surface area contributed by atoms with Crippen molar-refractivity contribution >= 4 is 16.8 Å². The van der Waals surface area contributed by atoms with E-state index < -0.39 is 5.91 Å². The summed E-state index contributed by atoms with van der Waals surface area (Å²) >= 11 is 0. The lowest BCUT2D eigenvalue weighted by molar-refractivity contribution is -0.117. The molecule has 0 saturated carbocycles. The quantitative estimate of drug-likeness (QED) is 0.917. The van der Waals surface area contributed by atoms with Crippen LogP contribution in [0.4, 0.5) is 4.39 Å². The lowest BCUT2D eigenvalue weighted by Gasteiger charge is -2.10. The van der Waals surface area contributed by atoms with Crippen molar-refractivity contribution in [2.45, 2.75) is 19.8 Å². The Kier molecular flexibility index (Phi) is 3.64. The van der Waals surface area contributed by atoms with Crippen molar-refractivity contribution in [3.05, 3.63) is 35.3 Å². The lowest BCUT2D eigenvalue weighted by atomic mass is 10.0. The summed E-state index contributed by atoms with van der Waals surface area (Å²) in [5.41, 5.74) is 7.22. The minimum atomic E-state index is -0.419. The van der Waals surface area contributed by atoms with E-state index in [1.54, 1.807) is 6.07 Å². The van der Waals surface area contributed by atoms with E-state index in [9.17, 15) is 9.18 Å². The summed E-state index contributed by atoms with van der Waals surface area (Å²) in [5, 5.41) is 0.604. The van der Waals surface area contributed by atoms with Gasteiger partial charge in [-0.15, -0.1) is 0 Å². The summed E-state index contributed by atoms with van der Waals surface area (Å²) in [6, 6.07) is 4.52. The fourth-order valence-electron chi connectivity index (χ4n) is 2.07. The predicted octanol–water partition coefficient (Wildman–Crippen LogP) is 2.11. The number of hydrogen-bond acceptors (Lipinski definition) is 3. The van der Waals surface area contributed by atoms with E-state index in [-0.39, 0.29) is 12.2 Å². The maximum Gasteiger partial charge on any atom is 0.217 e. The minimum absolute atomic E-state index is 0.163. The molecule has 1 heterocycles. The van der Waals surface area contributed by atoms with Gasteiger partial charge in [-0.1, -0.05) is 0 Å². The van der Waals surface area contributed by atoms with Crippen LogP contribution in [-0.4, -0.2) is 18.0 Å². The van der Waals surface area contributed by atoms with E-state index in [1.807, 2.05) is 6.92 Å². The average Bonchev–Trinajstić information content (AvgIpc) is 2.35. The SMILES string of the molecule is COc1cc(C)nc2c(CCC(N)=O)cc(F)cc12. The maximum absolute atomic E-state index is 13.6. The number of primary amides is 1. The Hall–Kier alpha value is -2.17. The van der Waals surface area contributed by atoms with Gasteiger partial charge in [-0.25, -0.2) is 4.39 Å². The largest absolute Gasteiger partial charge is 0.496 e. The molecular weight excluding hydrogens is 247 g/mol. The highest BCUT2D eigenvalue weighted by molar-refractivity contribution is 5.88. The molecule has 0 bridgehead atoms. The van der Waals surface area contributed by atoms with Gasteiger partial charge in [0.25, 0.3) is 0 Å². The second-order valence-electron chi connectivity index (χ2n) is 4.39. The van der Waals surface area contributed by atoms with E-state index in [0.29, 0.717) is 28.6 Å². The molecule has 0 aliphatic rings. The topological polar surface area (TPSA) is 65.2 Å². The van der Waals surface area contributed by atoms with Crippen LogP contribution in [0, 0.1) is 12.7 Å². The molecule has 0 aliphatic carbocycles. The summed E-state index contributed by atoms with van der Waals surface area (Å²) in [4.78, 5) is 15.3. The Balaban J connectivity index is 2.62. The van der Waals surface area contributed by atoms with Gasteiger partial charge in [0.05, 0.1) is 12.6 Å². The Morgan fingerprint density at radius 2 is 2.16 bits per heavy atom. The number of aryl methyl sites for hydroxylation is 2. The van der Waals surface area contributed by atoms with Crippen LogP contribution in [0.1, 0.15) is 17.7 Å². The third kappa shape index (κ3) is 2.81. The van der Waals surface area contributed by atoms with Crippen molar-refractivity contribution in [3.8, 4) is 5.75 Å². The van der Waals surface area contributed by atoms with Gasteiger partial charge in [-0.3, -0.25) is 9.78 Å². The molecule has 19 heavy (non-hydrogen) atoms. The van der Waals surface area contributed by atoms with Crippen LogP contribution < -0.4 is 10.5 Å². The monoisotopic (exact) mass is 262 g/mol. The number of nitrogens with two attached hydrogens (primary N) is 1. The van der Waals surface area contributed by atoms with Crippen LogP contribution in [-0.2, 0) is 11.2 Å². The van der Waals surface area contributed by atoms with Gasteiger partial charge < -0.3 is 10.5 Å². The standard InChI is InChI=1S/C14H15FN2O2/c1-8-5-12(19-2)11-7-10(15)6-9(14(11)17-8)3-4-13(16)18/h5-7H,3-4H2,1-2H3,(H2,16,18). The summed E-state index contributed by atoms with van der Waals surface area (Å²) in [5.74, 6) is -0.227. The Labute approximate surface area is 110 Å². The number of benzene rings is 1. The van der Waals surface area contributed by atoms with Gasteiger partial charge in [-0.05, 0) is 31.0 Å². The fraction of sp³-hybridized carbons (Fsp3) is 0.286. The highest BCUT2D eigenvalue weighted by Gasteiger charge is 2.11. The number of hydrogen-bond donors (Lipinski definition) is 1. The van der Waals surface area contributed by atoms with Gasteiger partial charge in [0.2, 0.25) is 5.91 Å². The minimum Gasteiger partial charge on any atom is -0.496 e. The maximum atomic E-state index is 13.6. The molecule has 1 aromatic heterocycles. The van der Waals surface area contributed by atoms with Crippen molar-refractivity contribution in [2.75, 3.05) is 7.11 Å². The average molecular weight is 262 g/mol. The lowest BCUT2D eigenvalue weighted by Crippen LogP contribution is -2.11. The Morgan fingerprint density at radius 1 is 1.42 bits per heavy atom. The van der Waals surface area contributed by atoms with Crippen LogP contribution >= 0.6 is 0 Å². The van der Waals surface area contributed by atoms with Crippen molar-refractivity contribution in [2.24, 2.45) is 5.73 Å². The molecular formula is C14H15FN2O2. The van der Waals surface area contributed by atoms with E-state index in [4.69, 9.17) is 10.5 Å². The van der Waals surface area contributed by atoms with Crippen LogP contribution in [0.5, 0.6) is 5.75 Å². The number of ether oxygens (including phenoxy) is 1. The molecule has 4 nitrogen and oxygen atoms in total. The number of halogens is 1. The zero-order chi connectivity index (χ0) is 14.0. The first kappa shape index (κ1) is 13.3. The Morgan fingerprint density at radius 3 is 2.79 bits per heavy atom. The first-order valence-electron chi connectivity index (χ1n) is 5.93. The van der Waals surface area contributed by atoms with Crippen molar-refractivity contribution in [3.63, 3.8) is 0 Å². The number of aromatic nitrogens is 1. The first-order chi connectivity index (χ1) is 9.01. The number of carbonyl (C=O) groups excluding carboxylic acids is 1. The van der Waals surface area contributed by atoms with Gasteiger partial charge in [0.15, 0.2) is 0 Å². The smallest absolute Gasteiger partial charge is 0.217 e. The van der Waals surface area contributed by atoms with E-state index in [1.165, 1.54) is 19.2 Å². The molecule has 1 amide bonds. The summed E-state index contributed by atoms with van der Waals surface area (Å²) in [6.07, 6.45) is 0.527. The molecule has 0 fully saturated rings. The molecule has 2 rings (SSSR count). The molecule has 2 N–H and O–H groups in total. The zero-order valence-electron chi connectivity index (χ0n) is 10.9. The third-order valence-electron chi connectivity index (χ3n) is 2.91. The van der Waals surface area contributed by atoms with Crippen LogP contribution in [0.2, 0.25) is 0 Å². The van der Waals surface area contributed by atoms with E-state index in [0.717, 1.165) is 5.69 Å². The van der Waals surface area contributed by atoms with E-state index in [2.05, 4.69) is 4.98 Å². The highest BCUT2D eigenvalue weighted by atomic mass is 19.1. The fourth-order valence-corrected chi connectivity index (χ4v) is 2.07. The molecule has 0 spiro atoms. The number of methoxy groups -OCH3 is 1. The summed E-state index contributed by atoms with van der Waals surface area (Å²) in [7, 11) is 1.53. The van der Waals surface area contributed by atoms with Crippen LogP contribution in [0.25, 0.3) is 10.9 Å². The number of rotatable bonds is 4. The second kappa shape index (κ2) is 5.22. The van der Waals surface area contributed by atoms with Crippen LogP contribution in [0.3, 0.4) is 0 Å². The number of carbonyl (C=O) groups is 1. The molecule has 2 aromatic rings. The summed E-state index contributed by atoms with van der Waals surface area (Å²) in [6.45, 7) is 1.84. The summed E-state index contributed by atoms with van der Waals surface area (Å²) < 4.78 is 18.9. The predicted molar refractivity (Wildman–Crippen MR) is 70.5 cm³/mol. The Bertz CT molecular complexity index is 641. The highest BCUT2D eigenvalue weighted by Crippen LogP contribution is 2.29. The van der Waals surface area contributed by atoms with Gasteiger partial charge in [0.1, 0.15) is 11.6 Å². The molecule has 5 heteroatoms. The van der Waals surface area contributed by atoms with Gasteiger partial charge in [-0.2, -0.15) is 0 Å². The van der Waals surface area contributed by atoms with Crippen molar-refractivity contribution in [1.82, 2.24) is 4.98 Å². The molecule has 0 radical (unpaired) electrons. The first-order valence-corrected chi connectivity index (χ1v) is 5.93. The molecule has 1 aromatic carbocycles. The molecule has 100 valence electrons. The van der Waals surface area contributed by atoms with Crippen molar-refractivity contribution in [1.29, 1.82) is 0 Å². The molecule has 0 aliphatic heterocycles. The molecule has 0 saturated heterocycles. The number of fused-ring (bicyclic) bond motifs is 1. The second-order valence-corrected chi connectivity index (χ2v) is 4.39. The zero-order valence-corrected chi connectivity index (χ0v) is 10.9. The molecule has 0 unspecified atom stereocenters. The third-order valence-corrected chi connectivity index (χ3v) is 2.91. The van der Waals surface area contributed by atoms with Gasteiger partial charge in [0, 0.05) is 23.6 Å².